The maximum atomic E-state index is 9.35. The second-order valence-electron chi connectivity index (χ2n) is 4.32. The van der Waals surface area contributed by atoms with Crippen LogP contribution in [0.2, 0.25) is 0 Å². The Labute approximate surface area is 105 Å². The Bertz CT molecular complexity index is 701. The van der Waals surface area contributed by atoms with Crippen molar-refractivity contribution in [2.75, 3.05) is 0 Å². The average Bonchev–Trinajstić information content (AvgIpc) is 2.79. The zero-order valence-electron chi connectivity index (χ0n) is 10.2. The molecule has 0 atom stereocenters. The predicted molar refractivity (Wildman–Crippen MR) is 71.7 cm³/mol. The molecule has 0 amide bonds. The zero-order chi connectivity index (χ0) is 12.5. The van der Waals surface area contributed by atoms with Crippen LogP contribution in [0.25, 0.3) is 16.5 Å². The lowest BCUT2D eigenvalue weighted by Crippen LogP contribution is -2.02. The number of benzene rings is 2. The Morgan fingerprint density at radius 2 is 1.89 bits per heavy atom. The van der Waals surface area contributed by atoms with Crippen LogP contribution in [0, 0.1) is 6.92 Å². The molecule has 0 aliphatic rings. The van der Waals surface area contributed by atoms with E-state index in [4.69, 9.17) is 0 Å². The third-order valence-electron chi connectivity index (χ3n) is 3.16. The molecular formula is C15H14N2O. The van der Waals surface area contributed by atoms with Gasteiger partial charge in [0.1, 0.15) is 5.82 Å². The van der Waals surface area contributed by atoms with Crippen LogP contribution >= 0.6 is 0 Å². The largest absolute Gasteiger partial charge is 0.390 e. The van der Waals surface area contributed by atoms with Crippen LogP contribution in [0.15, 0.2) is 48.7 Å². The van der Waals surface area contributed by atoms with Crippen LogP contribution < -0.4 is 0 Å². The van der Waals surface area contributed by atoms with E-state index in [1.165, 1.54) is 10.8 Å². The van der Waals surface area contributed by atoms with E-state index in [-0.39, 0.29) is 6.61 Å². The Morgan fingerprint density at radius 3 is 2.67 bits per heavy atom. The van der Waals surface area contributed by atoms with Crippen LogP contribution in [0.1, 0.15) is 11.5 Å². The van der Waals surface area contributed by atoms with E-state index in [0.717, 1.165) is 17.2 Å². The molecule has 0 unspecified atom stereocenters. The molecular weight excluding hydrogens is 224 g/mol. The molecule has 3 aromatic rings. The molecule has 0 aliphatic heterocycles. The highest BCUT2D eigenvalue weighted by atomic mass is 16.3. The standard InChI is InChI=1S/C15H14N2O/c1-11-16-9-15(10-18)17(11)14-7-6-12-4-2-3-5-13(12)8-14/h2-9,18H,10H2,1H3. The minimum Gasteiger partial charge on any atom is -0.390 e. The fourth-order valence-electron chi connectivity index (χ4n) is 2.27. The van der Waals surface area contributed by atoms with Gasteiger partial charge in [0.05, 0.1) is 18.5 Å². The lowest BCUT2D eigenvalue weighted by molar-refractivity contribution is 0.274. The lowest BCUT2D eigenvalue weighted by Gasteiger charge is -2.10. The van der Waals surface area contributed by atoms with Gasteiger partial charge in [-0.2, -0.15) is 0 Å². The van der Waals surface area contributed by atoms with E-state index in [0.29, 0.717) is 0 Å². The average molecular weight is 238 g/mol. The van der Waals surface area contributed by atoms with E-state index >= 15 is 0 Å². The molecule has 3 heteroatoms. The van der Waals surface area contributed by atoms with Gasteiger partial charge in [-0.15, -0.1) is 0 Å². The number of fused-ring (bicyclic) bond motifs is 1. The third kappa shape index (κ3) is 1.69. The van der Waals surface area contributed by atoms with Crippen molar-refractivity contribution in [1.29, 1.82) is 0 Å². The highest BCUT2D eigenvalue weighted by Crippen LogP contribution is 2.21. The minimum absolute atomic E-state index is 0.00628. The first-order chi connectivity index (χ1) is 8.79. The molecule has 1 heterocycles. The summed E-state index contributed by atoms with van der Waals surface area (Å²) in [5, 5.41) is 11.7. The molecule has 18 heavy (non-hydrogen) atoms. The van der Waals surface area contributed by atoms with Crippen molar-refractivity contribution < 1.29 is 5.11 Å². The van der Waals surface area contributed by atoms with Crippen molar-refractivity contribution in [3.63, 3.8) is 0 Å². The van der Waals surface area contributed by atoms with Gasteiger partial charge in [-0.3, -0.25) is 4.57 Å². The van der Waals surface area contributed by atoms with Gasteiger partial charge in [0.25, 0.3) is 0 Å². The van der Waals surface area contributed by atoms with Crippen LogP contribution in [0.5, 0.6) is 0 Å². The second kappa shape index (κ2) is 4.27. The third-order valence-corrected chi connectivity index (χ3v) is 3.16. The van der Waals surface area contributed by atoms with Gasteiger partial charge in [0, 0.05) is 5.69 Å². The minimum atomic E-state index is -0.00628. The molecule has 1 N–H and O–H groups in total. The first-order valence-corrected chi connectivity index (χ1v) is 5.93. The van der Waals surface area contributed by atoms with Gasteiger partial charge >= 0.3 is 0 Å². The predicted octanol–water partition coefficient (Wildman–Crippen LogP) is 2.83. The van der Waals surface area contributed by atoms with Gasteiger partial charge in [-0.05, 0) is 29.8 Å². The molecule has 3 nitrogen and oxygen atoms in total. The molecule has 0 aliphatic carbocycles. The molecule has 0 saturated heterocycles. The maximum absolute atomic E-state index is 9.35. The maximum Gasteiger partial charge on any atom is 0.110 e. The number of hydrogen-bond donors (Lipinski definition) is 1. The quantitative estimate of drug-likeness (QED) is 0.745. The van der Waals surface area contributed by atoms with Crippen molar-refractivity contribution in [3.05, 3.63) is 60.2 Å². The van der Waals surface area contributed by atoms with E-state index in [1.54, 1.807) is 6.20 Å². The fourth-order valence-corrected chi connectivity index (χ4v) is 2.27. The van der Waals surface area contributed by atoms with Crippen molar-refractivity contribution in [2.45, 2.75) is 13.5 Å². The molecule has 90 valence electrons. The number of hydrogen-bond acceptors (Lipinski definition) is 2. The molecule has 3 rings (SSSR count). The van der Waals surface area contributed by atoms with Crippen molar-refractivity contribution >= 4 is 10.8 Å². The summed E-state index contributed by atoms with van der Waals surface area (Å²) >= 11 is 0. The van der Waals surface area contributed by atoms with Crippen LogP contribution in [-0.4, -0.2) is 14.7 Å². The fraction of sp³-hybridized carbons (Fsp3) is 0.133. The smallest absolute Gasteiger partial charge is 0.110 e. The molecule has 2 aromatic carbocycles. The van der Waals surface area contributed by atoms with Crippen LogP contribution in [0.4, 0.5) is 0 Å². The number of aliphatic hydroxyl groups is 1. The van der Waals surface area contributed by atoms with E-state index in [9.17, 15) is 5.11 Å². The Morgan fingerprint density at radius 1 is 1.11 bits per heavy atom. The molecule has 1 aromatic heterocycles. The van der Waals surface area contributed by atoms with Crippen LogP contribution in [0.3, 0.4) is 0 Å². The first kappa shape index (κ1) is 11.0. The monoisotopic (exact) mass is 238 g/mol. The van der Waals surface area contributed by atoms with Crippen molar-refractivity contribution in [2.24, 2.45) is 0 Å². The van der Waals surface area contributed by atoms with E-state index in [1.807, 2.05) is 23.6 Å². The van der Waals surface area contributed by atoms with Gasteiger partial charge in [-0.25, -0.2) is 4.98 Å². The topological polar surface area (TPSA) is 38.1 Å². The Hall–Kier alpha value is -2.13. The second-order valence-corrected chi connectivity index (χ2v) is 4.32. The van der Waals surface area contributed by atoms with Gasteiger partial charge < -0.3 is 5.11 Å². The number of aryl methyl sites for hydroxylation is 1. The summed E-state index contributed by atoms with van der Waals surface area (Å²) in [4.78, 5) is 4.25. The number of nitrogens with zero attached hydrogens (tertiary/aromatic N) is 2. The zero-order valence-corrected chi connectivity index (χ0v) is 10.2. The SMILES string of the molecule is Cc1ncc(CO)n1-c1ccc2ccccc2c1. The number of rotatable bonds is 2. The molecule has 0 fully saturated rings. The molecule has 0 spiro atoms. The number of aromatic nitrogens is 2. The lowest BCUT2D eigenvalue weighted by atomic mass is 10.1. The van der Waals surface area contributed by atoms with Crippen molar-refractivity contribution in [3.8, 4) is 5.69 Å². The van der Waals surface area contributed by atoms with E-state index < -0.39 is 0 Å². The summed E-state index contributed by atoms with van der Waals surface area (Å²) in [5.74, 6) is 0.884. The van der Waals surface area contributed by atoms with Gasteiger partial charge in [0.15, 0.2) is 0 Å². The molecule has 0 bridgehead atoms. The summed E-state index contributed by atoms with van der Waals surface area (Å²) < 4.78 is 1.98. The van der Waals surface area contributed by atoms with Gasteiger partial charge in [0.2, 0.25) is 0 Å². The molecule has 0 radical (unpaired) electrons. The Balaban J connectivity index is 2.22. The highest BCUT2D eigenvalue weighted by Gasteiger charge is 2.08. The summed E-state index contributed by atoms with van der Waals surface area (Å²) in [5.41, 5.74) is 1.84. The Kier molecular flexibility index (Phi) is 2.61. The summed E-state index contributed by atoms with van der Waals surface area (Å²) in [7, 11) is 0. The number of imidazole rings is 1. The van der Waals surface area contributed by atoms with Crippen molar-refractivity contribution in [1.82, 2.24) is 9.55 Å². The summed E-state index contributed by atoms with van der Waals surface area (Å²) in [6.45, 7) is 1.93. The number of aliphatic hydroxyl groups excluding tert-OH is 1. The summed E-state index contributed by atoms with van der Waals surface area (Å²) in [6, 6.07) is 14.5. The first-order valence-electron chi connectivity index (χ1n) is 5.93. The molecule has 0 saturated carbocycles. The summed E-state index contributed by atoms with van der Waals surface area (Å²) in [6.07, 6.45) is 1.71. The van der Waals surface area contributed by atoms with Crippen LogP contribution in [-0.2, 0) is 6.61 Å². The van der Waals surface area contributed by atoms with Gasteiger partial charge in [-0.1, -0.05) is 30.3 Å². The normalized spacial score (nSPS) is 11.0. The van der Waals surface area contributed by atoms with E-state index in [2.05, 4.69) is 35.3 Å². The highest BCUT2D eigenvalue weighted by molar-refractivity contribution is 5.84.